The number of ketones is 1. The Hall–Kier alpha value is -1.90. The number of aryl methyl sites for hydroxylation is 1. The maximum absolute atomic E-state index is 14.8. The van der Waals surface area contributed by atoms with Crippen LogP contribution >= 0.6 is 11.3 Å². The Morgan fingerprint density at radius 1 is 1.25 bits per heavy atom. The maximum atomic E-state index is 14.8. The number of allylic oxidation sites excluding steroid dienone is 1. The molecule has 0 fully saturated rings. The number of thiazole rings is 1. The number of cyclic esters (lactones) is 1. The lowest BCUT2D eigenvalue weighted by Gasteiger charge is -2.34. The molecule has 36 heavy (non-hydrogen) atoms. The summed E-state index contributed by atoms with van der Waals surface area (Å²) in [6.07, 6.45) is 0.835. The minimum atomic E-state index is -1.30. The highest BCUT2D eigenvalue weighted by atomic mass is 32.1. The van der Waals surface area contributed by atoms with E-state index in [9.17, 15) is 24.2 Å². The Bertz CT molecular complexity index is 969. The van der Waals surface area contributed by atoms with Crippen LogP contribution in [-0.4, -0.2) is 51.4 Å². The van der Waals surface area contributed by atoms with Crippen LogP contribution in [-0.2, 0) is 14.3 Å². The number of aliphatic hydroxyl groups excluding tert-OH is 2. The molecule has 0 spiro atoms. The molecule has 1 aromatic heterocycles. The third kappa shape index (κ3) is 8.32. The molecule has 0 amide bonds. The van der Waals surface area contributed by atoms with Crippen LogP contribution in [0.25, 0.3) is 6.08 Å². The van der Waals surface area contributed by atoms with Crippen molar-refractivity contribution in [3.8, 4) is 0 Å². The molecule has 6 nitrogen and oxygen atoms in total. The highest BCUT2D eigenvalue weighted by Gasteiger charge is 2.42. The lowest BCUT2D eigenvalue weighted by atomic mass is 9.73. The summed E-state index contributed by atoms with van der Waals surface area (Å²) in [5.74, 6) is -2.23. The Morgan fingerprint density at radius 3 is 2.53 bits per heavy atom. The van der Waals surface area contributed by atoms with Crippen LogP contribution in [0, 0.1) is 24.2 Å². The number of ether oxygens (including phenoxy) is 1. The molecule has 8 heteroatoms. The lowest BCUT2D eigenvalue weighted by molar-refractivity contribution is -0.154. The molecule has 2 rings (SSSR count). The topological polar surface area (TPSA) is 96.7 Å². The molecule has 0 radical (unpaired) electrons. The van der Waals surface area contributed by atoms with E-state index in [1.54, 1.807) is 27.7 Å². The van der Waals surface area contributed by atoms with Gasteiger partial charge in [-0.3, -0.25) is 9.59 Å². The van der Waals surface area contributed by atoms with Crippen LogP contribution in [0.15, 0.2) is 22.6 Å². The van der Waals surface area contributed by atoms with Gasteiger partial charge in [-0.25, -0.2) is 9.37 Å². The van der Waals surface area contributed by atoms with Crippen molar-refractivity contribution in [2.24, 2.45) is 17.3 Å². The number of aromatic nitrogens is 1. The van der Waals surface area contributed by atoms with Crippen LogP contribution in [0.4, 0.5) is 4.39 Å². The monoisotopic (exact) mass is 523 g/mol. The lowest BCUT2D eigenvalue weighted by Crippen LogP contribution is -2.45. The summed E-state index contributed by atoms with van der Waals surface area (Å²) < 4.78 is 20.5. The molecular weight excluding hydrogens is 481 g/mol. The predicted octanol–water partition coefficient (Wildman–Crippen LogP) is 5.60. The molecule has 202 valence electrons. The smallest absolute Gasteiger partial charge is 0.309 e. The Balaban J connectivity index is 2.35. The maximum Gasteiger partial charge on any atom is 0.309 e. The number of hydrogen-bond acceptors (Lipinski definition) is 7. The molecule has 6 atom stereocenters. The van der Waals surface area contributed by atoms with Gasteiger partial charge in [0.2, 0.25) is 0 Å². The summed E-state index contributed by atoms with van der Waals surface area (Å²) in [7, 11) is 0. The summed E-state index contributed by atoms with van der Waals surface area (Å²) in [6.45, 7) is 12.2. The van der Waals surface area contributed by atoms with E-state index < -0.39 is 47.7 Å². The molecule has 0 aliphatic carbocycles. The van der Waals surface area contributed by atoms with Crippen LogP contribution in [0.2, 0.25) is 0 Å². The summed E-state index contributed by atoms with van der Waals surface area (Å²) >= 11 is 1.53. The largest absolute Gasteiger partial charge is 0.457 e. The fraction of sp³-hybridized carbons (Fsp3) is 0.679. The van der Waals surface area contributed by atoms with E-state index in [0.717, 1.165) is 21.8 Å². The molecule has 0 bridgehead atoms. The summed E-state index contributed by atoms with van der Waals surface area (Å²) in [6, 6.07) is 0. The fourth-order valence-corrected chi connectivity index (χ4v) is 5.14. The second-order valence-corrected chi connectivity index (χ2v) is 11.9. The van der Waals surface area contributed by atoms with E-state index in [1.165, 1.54) is 11.3 Å². The minimum absolute atomic E-state index is 0.147. The summed E-state index contributed by atoms with van der Waals surface area (Å²) in [5.41, 5.74) is 1.27. The van der Waals surface area contributed by atoms with Gasteiger partial charge >= 0.3 is 5.97 Å². The van der Waals surface area contributed by atoms with Crippen molar-refractivity contribution in [3.05, 3.63) is 33.3 Å². The molecule has 1 aliphatic heterocycles. The summed E-state index contributed by atoms with van der Waals surface area (Å²) in [4.78, 5) is 30.5. The van der Waals surface area contributed by atoms with Crippen LogP contribution < -0.4 is 0 Å². The molecule has 0 aromatic carbocycles. The van der Waals surface area contributed by atoms with Crippen LogP contribution in [0.5, 0.6) is 0 Å². The summed E-state index contributed by atoms with van der Waals surface area (Å²) in [5, 5.41) is 24.5. The minimum Gasteiger partial charge on any atom is -0.457 e. The molecular formula is C28H42FNO5S. The number of alkyl halides is 1. The third-order valence-corrected chi connectivity index (χ3v) is 8.08. The van der Waals surface area contributed by atoms with E-state index in [-0.39, 0.29) is 18.6 Å². The number of hydrogen-bond donors (Lipinski definition) is 2. The zero-order valence-electron chi connectivity index (χ0n) is 22.6. The van der Waals surface area contributed by atoms with Crippen molar-refractivity contribution < 1.29 is 28.9 Å². The van der Waals surface area contributed by atoms with E-state index in [4.69, 9.17) is 4.74 Å². The van der Waals surface area contributed by atoms with Crippen molar-refractivity contribution in [2.75, 3.05) is 0 Å². The number of halogens is 1. The SMILES string of the molecule is CC1=CC[C@@H](C(C)=Cc2csc(C)n2)OC(=O)C[C@H](O)C(C)(C)C(=O)[C@H](C)[C@@H](O)[C@@H](C)CC(F)CC1. The van der Waals surface area contributed by atoms with Gasteiger partial charge in [-0.2, -0.15) is 0 Å². The first-order chi connectivity index (χ1) is 16.7. The Labute approximate surface area is 218 Å². The van der Waals surface area contributed by atoms with Crippen molar-refractivity contribution >= 4 is 29.2 Å². The van der Waals surface area contributed by atoms with Gasteiger partial charge in [-0.15, -0.1) is 11.3 Å². The normalized spacial score (nSPS) is 31.9. The zero-order chi connectivity index (χ0) is 27.2. The van der Waals surface area contributed by atoms with Gasteiger partial charge in [0.15, 0.2) is 0 Å². The van der Waals surface area contributed by atoms with Crippen LogP contribution in [0.1, 0.15) is 84.3 Å². The predicted molar refractivity (Wildman–Crippen MR) is 141 cm³/mol. The zero-order valence-corrected chi connectivity index (χ0v) is 23.4. The average molecular weight is 524 g/mol. The Morgan fingerprint density at radius 2 is 1.92 bits per heavy atom. The van der Waals surface area contributed by atoms with Gasteiger partial charge in [0, 0.05) is 17.7 Å². The second kappa shape index (κ2) is 13.1. The highest BCUT2D eigenvalue weighted by Crippen LogP contribution is 2.33. The molecule has 0 saturated carbocycles. The number of Topliss-reactive ketones (excluding diaryl/α,β-unsaturated/α-hetero) is 1. The van der Waals surface area contributed by atoms with Gasteiger partial charge in [-0.1, -0.05) is 39.3 Å². The number of rotatable bonds is 2. The molecule has 1 aliphatic rings. The quantitative estimate of drug-likeness (QED) is 0.387. The van der Waals surface area contributed by atoms with Gasteiger partial charge in [0.1, 0.15) is 18.1 Å². The van der Waals surface area contributed by atoms with Gasteiger partial charge in [-0.05, 0) is 57.6 Å². The van der Waals surface area contributed by atoms with Crippen molar-refractivity contribution in [1.82, 2.24) is 4.98 Å². The molecule has 2 heterocycles. The molecule has 1 aromatic rings. The average Bonchev–Trinajstić information content (AvgIpc) is 3.22. The number of carbonyl (C=O) groups excluding carboxylic acids is 2. The van der Waals surface area contributed by atoms with E-state index in [1.807, 2.05) is 38.3 Å². The first kappa shape index (κ1) is 30.3. The van der Waals surface area contributed by atoms with E-state index in [2.05, 4.69) is 4.98 Å². The van der Waals surface area contributed by atoms with Gasteiger partial charge < -0.3 is 14.9 Å². The van der Waals surface area contributed by atoms with E-state index >= 15 is 0 Å². The molecule has 0 saturated heterocycles. The molecule has 1 unspecified atom stereocenters. The Kier molecular flexibility index (Phi) is 11.0. The number of nitrogens with zero attached hydrogens (tertiary/aromatic N) is 1. The third-order valence-electron chi connectivity index (χ3n) is 7.29. The highest BCUT2D eigenvalue weighted by molar-refractivity contribution is 7.09. The van der Waals surface area contributed by atoms with Crippen molar-refractivity contribution in [3.63, 3.8) is 0 Å². The van der Waals surface area contributed by atoms with Crippen LogP contribution in [0.3, 0.4) is 0 Å². The first-order valence-electron chi connectivity index (χ1n) is 12.7. The molecule has 2 N–H and O–H groups in total. The van der Waals surface area contributed by atoms with Gasteiger partial charge in [0.05, 0.1) is 34.7 Å². The number of aliphatic hydroxyl groups is 2. The number of carbonyl (C=O) groups is 2. The first-order valence-corrected chi connectivity index (χ1v) is 13.6. The van der Waals surface area contributed by atoms with Crippen molar-refractivity contribution in [1.29, 1.82) is 0 Å². The number of esters is 1. The van der Waals surface area contributed by atoms with Crippen molar-refractivity contribution in [2.45, 2.75) is 105 Å². The van der Waals surface area contributed by atoms with Gasteiger partial charge in [0.25, 0.3) is 0 Å². The second-order valence-electron chi connectivity index (χ2n) is 10.9. The standard InChI is InChI=1S/C28H42FNO5S/c1-16-8-10-21(29)12-18(3)26(33)19(4)27(34)28(6,7)24(31)14-25(32)35-23(11-9-16)17(2)13-22-15-36-20(5)30-22/h9,13,15,18-19,21,23-24,26,31,33H,8,10-12,14H2,1-7H3/t18-,19+,21?,23-,24-,26-/m0/s1. The fourth-order valence-electron chi connectivity index (χ4n) is 4.57. The van der Waals surface area contributed by atoms with E-state index in [0.29, 0.717) is 19.3 Å².